The lowest BCUT2D eigenvalue weighted by molar-refractivity contribution is 0.100. The molecule has 1 amide bonds. The second kappa shape index (κ2) is 9.86. The van der Waals surface area contributed by atoms with Crippen LogP contribution < -0.4 is 21.6 Å². The van der Waals surface area contributed by atoms with Gasteiger partial charge in [-0.1, -0.05) is 81.4 Å². The third-order valence-electron chi connectivity index (χ3n) is 6.65. The zero-order valence-electron chi connectivity index (χ0n) is 20.7. The van der Waals surface area contributed by atoms with Crippen molar-refractivity contribution < 1.29 is 18.3 Å². The SMILES string of the molecule is COC(=O)N1C[C@H](O[Si](c2ccccc2)(c2ccccc2)C(C)(C)C)C[C@H]1n1cc(F)c(=O)[nH]c1=O. The lowest BCUT2D eigenvalue weighted by atomic mass is 10.2. The van der Waals surface area contributed by atoms with E-state index < -0.39 is 43.7 Å². The van der Waals surface area contributed by atoms with Gasteiger partial charge in [0, 0.05) is 6.42 Å². The van der Waals surface area contributed by atoms with E-state index in [0.29, 0.717) is 0 Å². The first-order chi connectivity index (χ1) is 17.1. The zero-order valence-corrected chi connectivity index (χ0v) is 21.7. The standard InChI is InChI=1S/C26H30FN3O5Si/c1-26(2,3)36(19-11-7-5-8-12-19,20-13-9-6-10-14-20)35-18-15-22(30(16-18)25(33)34-4)29-17-21(27)23(31)28-24(29)32/h5-14,17-18,22H,15-16H2,1-4H3,(H,28,31,32)/t18-,22+/m1/s1. The summed E-state index contributed by atoms with van der Waals surface area (Å²) in [4.78, 5) is 40.1. The average molecular weight is 512 g/mol. The molecule has 1 saturated heterocycles. The number of carbonyl (C=O) groups excluding carboxylic acids is 1. The number of rotatable bonds is 5. The van der Waals surface area contributed by atoms with Gasteiger partial charge in [-0.3, -0.25) is 19.2 Å². The predicted molar refractivity (Wildman–Crippen MR) is 137 cm³/mol. The molecule has 1 aliphatic rings. The van der Waals surface area contributed by atoms with E-state index in [1.54, 1.807) is 0 Å². The van der Waals surface area contributed by atoms with Crippen molar-refractivity contribution >= 4 is 24.8 Å². The highest BCUT2D eigenvalue weighted by Gasteiger charge is 2.53. The molecule has 0 saturated carbocycles. The number of hydrogen-bond acceptors (Lipinski definition) is 5. The molecule has 2 heterocycles. The van der Waals surface area contributed by atoms with Crippen LogP contribution in [-0.4, -0.2) is 48.6 Å². The maximum absolute atomic E-state index is 14.1. The Morgan fingerprint density at radius 1 is 1.03 bits per heavy atom. The van der Waals surface area contributed by atoms with E-state index in [1.165, 1.54) is 12.0 Å². The van der Waals surface area contributed by atoms with Gasteiger partial charge in [-0.25, -0.2) is 9.59 Å². The summed E-state index contributed by atoms with van der Waals surface area (Å²) in [6.45, 7) is 6.57. The molecular weight excluding hydrogens is 481 g/mol. The summed E-state index contributed by atoms with van der Waals surface area (Å²) in [5, 5.41) is 1.85. The average Bonchev–Trinajstić information content (AvgIpc) is 3.28. The van der Waals surface area contributed by atoms with Crippen molar-refractivity contribution in [3.05, 3.63) is 93.5 Å². The van der Waals surface area contributed by atoms with E-state index in [9.17, 15) is 18.8 Å². The zero-order chi connectivity index (χ0) is 26.1. The Balaban J connectivity index is 1.82. The highest BCUT2D eigenvalue weighted by molar-refractivity contribution is 6.99. The minimum atomic E-state index is -2.95. The minimum Gasteiger partial charge on any atom is -0.453 e. The molecule has 0 bridgehead atoms. The van der Waals surface area contributed by atoms with E-state index >= 15 is 0 Å². The van der Waals surface area contributed by atoms with Crippen LogP contribution >= 0.6 is 0 Å². The first kappa shape index (κ1) is 25.6. The topological polar surface area (TPSA) is 93.6 Å². The Labute approximate surface area is 209 Å². The van der Waals surface area contributed by atoms with Crippen LogP contribution in [0.5, 0.6) is 0 Å². The largest absolute Gasteiger partial charge is 0.453 e. The number of aromatic nitrogens is 2. The summed E-state index contributed by atoms with van der Waals surface area (Å²) >= 11 is 0. The number of ether oxygens (including phenoxy) is 1. The van der Waals surface area contributed by atoms with Gasteiger partial charge in [0.15, 0.2) is 0 Å². The molecule has 2 aromatic carbocycles. The van der Waals surface area contributed by atoms with Crippen LogP contribution in [0.1, 0.15) is 33.4 Å². The van der Waals surface area contributed by atoms with Crippen LogP contribution in [-0.2, 0) is 9.16 Å². The third-order valence-corrected chi connectivity index (χ3v) is 11.7. The number of amides is 1. The molecule has 4 rings (SSSR count). The molecule has 0 unspecified atom stereocenters. The summed E-state index contributed by atoms with van der Waals surface area (Å²) in [7, 11) is -1.71. The second-order valence-corrected chi connectivity index (χ2v) is 14.1. The van der Waals surface area contributed by atoms with Crippen molar-refractivity contribution in [1.82, 2.24) is 14.5 Å². The highest BCUT2D eigenvalue weighted by atomic mass is 28.4. The highest BCUT2D eigenvalue weighted by Crippen LogP contribution is 2.40. The number of hydrogen-bond donors (Lipinski definition) is 1. The molecule has 0 spiro atoms. The lowest BCUT2D eigenvalue weighted by Gasteiger charge is -2.44. The van der Waals surface area contributed by atoms with Gasteiger partial charge >= 0.3 is 11.8 Å². The molecule has 3 aromatic rings. The van der Waals surface area contributed by atoms with Gasteiger partial charge in [-0.05, 0) is 15.4 Å². The van der Waals surface area contributed by atoms with E-state index in [4.69, 9.17) is 9.16 Å². The van der Waals surface area contributed by atoms with Crippen LogP contribution in [0.25, 0.3) is 0 Å². The van der Waals surface area contributed by atoms with Crippen molar-refractivity contribution in [2.24, 2.45) is 0 Å². The monoisotopic (exact) mass is 511 g/mol. The molecule has 1 aliphatic heterocycles. The fraction of sp³-hybridized carbons (Fsp3) is 0.346. The third kappa shape index (κ3) is 4.53. The summed E-state index contributed by atoms with van der Waals surface area (Å²) in [6, 6.07) is 20.1. The fourth-order valence-electron chi connectivity index (χ4n) is 5.06. The Kier molecular flexibility index (Phi) is 7.01. The molecule has 2 atom stereocenters. The number of H-pyrrole nitrogens is 1. The first-order valence-corrected chi connectivity index (χ1v) is 13.6. The normalized spacial score (nSPS) is 18.3. The molecule has 10 heteroatoms. The van der Waals surface area contributed by atoms with Crippen LogP contribution in [0.2, 0.25) is 5.04 Å². The van der Waals surface area contributed by atoms with Crippen LogP contribution in [0, 0.1) is 5.82 Å². The van der Waals surface area contributed by atoms with Gasteiger partial charge in [0.05, 0.1) is 26.0 Å². The van der Waals surface area contributed by atoms with Crippen molar-refractivity contribution in [3.63, 3.8) is 0 Å². The van der Waals surface area contributed by atoms with Crippen LogP contribution in [0.15, 0.2) is 76.4 Å². The molecule has 0 radical (unpaired) electrons. The second-order valence-electron chi connectivity index (χ2n) is 9.89. The van der Waals surface area contributed by atoms with E-state index in [-0.39, 0.29) is 18.0 Å². The Hall–Kier alpha value is -3.50. The van der Waals surface area contributed by atoms with E-state index in [2.05, 4.69) is 45.0 Å². The van der Waals surface area contributed by atoms with E-state index in [0.717, 1.165) is 21.1 Å². The van der Waals surface area contributed by atoms with Gasteiger partial charge < -0.3 is 9.16 Å². The van der Waals surface area contributed by atoms with E-state index in [1.807, 2.05) is 41.4 Å². The maximum atomic E-state index is 14.1. The van der Waals surface area contributed by atoms with Gasteiger partial charge in [-0.15, -0.1) is 0 Å². The van der Waals surface area contributed by atoms with Gasteiger partial charge in [0.2, 0.25) is 5.82 Å². The Morgan fingerprint density at radius 3 is 2.08 bits per heavy atom. The molecule has 1 fully saturated rings. The quantitative estimate of drug-likeness (QED) is 0.532. The molecule has 1 aromatic heterocycles. The molecule has 0 aliphatic carbocycles. The number of methoxy groups -OCH3 is 1. The summed E-state index contributed by atoms with van der Waals surface area (Å²) in [5.74, 6) is -1.12. The molecular formula is C26H30FN3O5Si. The maximum Gasteiger partial charge on any atom is 0.411 e. The van der Waals surface area contributed by atoms with Crippen LogP contribution in [0.4, 0.5) is 9.18 Å². The van der Waals surface area contributed by atoms with Crippen molar-refractivity contribution in [2.75, 3.05) is 13.7 Å². The number of likely N-dealkylation sites (tertiary alicyclic amines) is 1. The van der Waals surface area contributed by atoms with Crippen molar-refractivity contribution in [3.8, 4) is 0 Å². The van der Waals surface area contributed by atoms with Gasteiger partial charge in [-0.2, -0.15) is 4.39 Å². The number of carbonyl (C=O) groups is 1. The smallest absolute Gasteiger partial charge is 0.411 e. The molecule has 190 valence electrons. The Bertz CT molecular complexity index is 1300. The van der Waals surface area contributed by atoms with Crippen LogP contribution in [0.3, 0.4) is 0 Å². The molecule has 8 nitrogen and oxygen atoms in total. The lowest BCUT2D eigenvalue weighted by Crippen LogP contribution is -2.67. The number of benzene rings is 2. The summed E-state index contributed by atoms with van der Waals surface area (Å²) in [5.41, 5.74) is -1.93. The molecule has 36 heavy (non-hydrogen) atoms. The van der Waals surface area contributed by atoms with Gasteiger partial charge in [0.25, 0.3) is 13.9 Å². The number of halogens is 1. The fourth-order valence-corrected chi connectivity index (χ4v) is 9.75. The summed E-state index contributed by atoms with van der Waals surface area (Å²) in [6.07, 6.45) is -1.01. The number of nitrogens with zero attached hydrogens (tertiary/aromatic N) is 2. The Morgan fingerprint density at radius 2 is 1.58 bits per heavy atom. The first-order valence-electron chi connectivity index (χ1n) is 11.7. The number of aromatic amines is 1. The van der Waals surface area contributed by atoms with Crippen molar-refractivity contribution in [2.45, 2.75) is 44.5 Å². The van der Waals surface area contributed by atoms with Crippen molar-refractivity contribution in [1.29, 1.82) is 0 Å². The number of nitrogens with one attached hydrogen (secondary N) is 1. The minimum absolute atomic E-state index is 0.134. The summed E-state index contributed by atoms with van der Waals surface area (Å²) < 4.78 is 27.2. The molecule has 1 N–H and O–H groups in total. The predicted octanol–water partition coefficient (Wildman–Crippen LogP) is 2.59. The van der Waals surface area contributed by atoms with Gasteiger partial charge in [0.1, 0.15) is 6.17 Å².